The van der Waals surface area contributed by atoms with E-state index in [4.69, 9.17) is 0 Å². The standard InChI is InChI=1S/C15H12ClF16NO/c16-15(31,32)14(29,30)13(27,28)12(25,26)11(23,24)10(21,22)9(19,20)8(17,18)7(34)33-6-4-2-1-3-5-6/h6H,1-5H2,(H,33,34). The van der Waals surface area contributed by atoms with Gasteiger partial charge in [-0.25, -0.2) is 0 Å². The molecule has 1 saturated carbocycles. The van der Waals surface area contributed by atoms with Crippen molar-refractivity contribution < 1.29 is 75.0 Å². The number of halogens is 17. The molecule has 0 radical (unpaired) electrons. The minimum Gasteiger partial charge on any atom is -0.348 e. The summed E-state index contributed by atoms with van der Waals surface area (Å²) >= 11 is 3.43. The van der Waals surface area contributed by atoms with E-state index in [0.29, 0.717) is 6.42 Å². The van der Waals surface area contributed by atoms with Crippen molar-refractivity contribution in [2.24, 2.45) is 0 Å². The second-order valence-electron chi connectivity index (χ2n) is 7.33. The summed E-state index contributed by atoms with van der Waals surface area (Å²) in [5.74, 6) is -59.9. The van der Waals surface area contributed by atoms with E-state index >= 15 is 0 Å². The molecular weight excluding hydrogens is 550 g/mol. The van der Waals surface area contributed by atoms with Gasteiger partial charge in [-0.3, -0.25) is 4.79 Å². The molecule has 1 fully saturated rings. The molecule has 1 amide bonds. The molecular formula is C15H12ClF16NO. The van der Waals surface area contributed by atoms with Gasteiger partial charge in [0.25, 0.3) is 5.91 Å². The Morgan fingerprint density at radius 2 is 0.882 bits per heavy atom. The van der Waals surface area contributed by atoms with Crippen LogP contribution in [0.25, 0.3) is 0 Å². The number of rotatable bonds is 9. The number of amides is 1. The lowest BCUT2D eigenvalue weighted by Gasteiger charge is -2.42. The van der Waals surface area contributed by atoms with Crippen LogP contribution in [0.3, 0.4) is 0 Å². The Balaban J connectivity index is 3.48. The summed E-state index contributed by atoms with van der Waals surface area (Å²) in [6.07, 6.45) is 0.542. The van der Waals surface area contributed by atoms with Gasteiger partial charge >= 0.3 is 46.8 Å². The van der Waals surface area contributed by atoms with Crippen molar-refractivity contribution in [1.82, 2.24) is 5.32 Å². The van der Waals surface area contributed by atoms with Gasteiger partial charge in [0.15, 0.2) is 0 Å². The molecule has 0 aliphatic heterocycles. The highest BCUT2D eigenvalue weighted by atomic mass is 35.5. The van der Waals surface area contributed by atoms with Crippen molar-refractivity contribution in [3.63, 3.8) is 0 Å². The fraction of sp³-hybridized carbons (Fsp3) is 0.933. The highest BCUT2D eigenvalue weighted by Gasteiger charge is 2.95. The maximum atomic E-state index is 13.8. The van der Waals surface area contributed by atoms with E-state index in [0.717, 1.165) is 5.32 Å². The zero-order chi connectivity index (χ0) is 27.4. The Bertz CT molecular complexity index is 756. The Morgan fingerprint density at radius 1 is 0.559 bits per heavy atom. The molecule has 0 bridgehead atoms. The number of hydrogen-bond acceptors (Lipinski definition) is 1. The van der Waals surface area contributed by atoms with Crippen molar-refractivity contribution in [3.05, 3.63) is 0 Å². The SMILES string of the molecule is O=C(NC1CCCCC1)C(F)(F)C(F)(F)C(F)(F)C(F)(F)C(F)(F)C(F)(F)C(F)(F)C(F)(F)Cl. The van der Waals surface area contributed by atoms with Crippen LogP contribution in [0.1, 0.15) is 32.1 Å². The first-order valence-electron chi connectivity index (χ1n) is 8.77. The third-order valence-electron chi connectivity index (χ3n) is 4.95. The predicted octanol–water partition coefficient (Wildman–Crippen LogP) is 6.71. The molecule has 1 N–H and O–H groups in total. The van der Waals surface area contributed by atoms with Crippen LogP contribution < -0.4 is 5.32 Å². The molecule has 34 heavy (non-hydrogen) atoms. The number of nitrogens with one attached hydrogen (secondary N) is 1. The number of carbonyl (C=O) groups is 1. The average molecular weight is 562 g/mol. The number of hydrogen-bond donors (Lipinski definition) is 1. The first-order valence-corrected chi connectivity index (χ1v) is 9.15. The molecule has 202 valence electrons. The van der Waals surface area contributed by atoms with Gasteiger partial charge in [0.1, 0.15) is 0 Å². The Kier molecular flexibility index (Phi) is 7.79. The molecule has 0 unspecified atom stereocenters. The highest BCUT2D eigenvalue weighted by Crippen LogP contribution is 2.64. The monoisotopic (exact) mass is 561 g/mol. The summed E-state index contributed by atoms with van der Waals surface area (Å²) in [6.45, 7) is 0. The minimum atomic E-state index is -8.58. The Hall–Kier alpha value is -1.36. The average Bonchev–Trinajstić information content (AvgIpc) is 2.66. The van der Waals surface area contributed by atoms with Crippen molar-refractivity contribution in [2.75, 3.05) is 0 Å². The zero-order valence-electron chi connectivity index (χ0n) is 15.9. The first-order chi connectivity index (χ1) is 14.7. The molecule has 0 aromatic carbocycles. The molecule has 0 spiro atoms. The third kappa shape index (κ3) is 4.24. The van der Waals surface area contributed by atoms with Crippen LogP contribution in [0, 0.1) is 0 Å². The van der Waals surface area contributed by atoms with E-state index in [1.165, 1.54) is 0 Å². The molecule has 19 heteroatoms. The van der Waals surface area contributed by atoms with E-state index < -0.39 is 58.8 Å². The smallest absolute Gasteiger partial charge is 0.348 e. The fourth-order valence-corrected chi connectivity index (χ4v) is 2.95. The van der Waals surface area contributed by atoms with E-state index in [1.54, 1.807) is 0 Å². The molecule has 0 aromatic heterocycles. The first kappa shape index (κ1) is 30.7. The van der Waals surface area contributed by atoms with E-state index in [1.807, 2.05) is 0 Å². The Labute approximate surface area is 184 Å². The van der Waals surface area contributed by atoms with Crippen molar-refractivity contribution in [2.45, 2.75) is 85.0 Å². The van der Waals surface area contributed by atoms with Gasteiger partial charge in [-0.2, -0.15) is 70.2 Å². The van der Waals surface area contributed by atoms with E-state index in [9.17, 15) is 75.0 Å². The van der Waals surface area contributed by atoms with Crippen LogP contribution in [-0.4, -0.2) is 58.8 Å². The molecule has 1 aliphatic rings. The van der Waals surface area contributed by atoms with Crippen LogP contribution in [0.15, 0.2) is 0 Å². The van der Waals surface area contributed by atoms with Gasteiger partial charge in [0.05, 0.1) is 0 Å². The normalized spacial score (nSPS) is 18.7. The lowest BCUT2D eigenvalue weighted by molar-refractivity contribution is -0.446. The Morgan fingerprint density at radius 3 is 1.24 bits per heavy atom. The van der Waals surface area contributed by atoms with Crippen LogP contribution in [0.2, 0.25) is 0 Å². The highest BCUT2D eigenvalue weighted by molar-refractivity contribution is 6.22. The van der Waals surface area contributed by atoms with Crippen LogP contribution in [0.4, 0.5) is 70.2 Å². The van der Waals surface area contributed by atoms with Gasteiger partial charge in [-0.1, -0.05) is 19.3 Å². The van der Waals surface area contributed by atoms with Crippen molar-refractivity contribution in [3.8, 4) is 0 Å². The number of alkyl halides is 17. The lowest BCUT2D eigenvalue weighted by Crippen LogP contribution is -2.75. The molecule has 0 atom stereocenters. The second-order valence-corrected chi connectivity index (χ2v) is 7.80. The summed E-state index contributed by atoms with van der Waals surface area (Å²) in [5, 5.41) is -5.75. The molecule has 1 aliphatic carbocycles. The topological polar surface area (TPSA) is 29.1 Å². The summed E-state index contributed by atoms with van der Waals surface area (Å²) in [6, 6.07) is -1.37. The van der Waals surface area contributed by atoms with Crippen LogP contribution in [0.5, 0.6) is 0 Å². The lowest BCUT2D eigenvalue weighted by atomic mass is 9.88. The molecule has 1 rings (SSSR count). The minimum absolute atomic E-state index is 0.175. The van der Waals surface area contributed by atoms with Gasteiger partial charge < -0.3 is 5.32 Å². The van der Waals surface area contributed by atoms with E-state index in [2.05, 4.69) is 11.6 Å². The summed E-state index contributed by atoms with van der Waals surface area (Å²) in [5.41, 5.74) is 0. The van der Waals surface area contributed by atoms with Crippen molar-refractivity contribution in [1.29, 1.82) is 0 Å². The van der Waals surface area contributed by atoms with E-state index in [-0.39, 0.29) is 25.7 Å². The maximum absolute atomic E-state index is 13.8. The summed E-state index contributed by atoms with van der Waals surface area (Å²) in [7, 11) is 0. The molecule has 2 nitrogen and oxygen atoms in total. The largest absolute Gasteiger partial charge is 0.393 e. The molecule has 0 aromatic rings. The fourth-order valence-electron chi connectivity index (χ4n) is 2.83. The van der Waals surface area contributed by atoms with Gasteiger partial charge in [-0.05, 0) is 24.4 Å². The zero-order valence-corrected chi connectivity index (χ0v) is 16.7. The maximum Gasteiger partial charge on any atom is 0.393 e. The van der Waals surface area contributed by atoms with Gasteiger partial charge in [0.2, 0.25) is 0 Å². The second kappa shape index (κ2) is 8.64. The summed E-state index contributed by atoms with van der Waals surface area (Å²) in [4.78, 5) is 11.4. The molecule has 0 heterocycles. The number of carbonyl (C=O) groups excluding carboxylic acids is 1. The van der Waals surface area contributed by atoms with Gasteiger partial charge in [-0.15, -0.1) is 0 Å². The van der Waals surface area contributed by atoms with Crippen molar-refractivity contribution >= 4 is 17.5 Å². The van der Waals surface area contributed by atoms with Gasteiger partial charge in [0, 0.05) is 6.04 Å². The predicted molar refractivity (Wildman–Crippen MR) is 80.4 cm³/mol. The summed E-state index contributed by atoms with van der Waals surface area (Å²) < 4.78 is 214. The quantitative estimate of drug-likeness (QED) is 0.246. The molecule has 0 saturated heterocycles. The van der Waals surface area contributed by atoms with Crippen LogP contribution >= 0.6 is 11.6 Å². The third-order valence-corrected chi connectivity index (χ3v) is 5.18. The van der Waals surface area contributed by atoms with Crippen LogP contribution in [-0.2, 0) is 4.79 Å².